The van der Waals surface area contributed by atoms with Crippen LogP contribution in [0.5, 0.6) is 0 Å². The van der Waals surface area contributed by atoms with Crippen molar-refractivity contribution < 1.29 is 4.42 Å². The Kier molecular flexibility index (Phi) is 6.89. The molecule has 0 spiro atoms. The fraction of sp³-hybridized carbons (Fsp3) is 0. The third-order valence-electron chi connectivity index (χ3n) is 10.3. The molecule has 0 fully saturated rings. The van der Waals surface area contributed by atoms with Crippen LogP contribution in [-0.2, 0) is 0 Å². The first-order chi connectivity index (χ1) is 25.3. The van der Waals surface area contributed by atoms with Crippen LogP contribution in [-0.4, -0.2) is 0 Å². The predicted molar refractivity (Wildman–Crippen MR) is 216 cm³/mol. The highest BCUT2D eigenvalue weighted by Crippen LogP contribution is 2.49. The third-order valence-corrected chi connectivity index (χ3v) is 10.3. The Morgan fingerprint density at radius 1 is 0.255 bits per heavy atom. The number of hydrogen-bond acceptors (Lipinski definition) is 1. The zero-order chi connectivity index (χ0) is 33.7. The number of furan rings is 1. The van der Waals surface area contributed by atoms with Crippen molar-refractivity contribution in [3.05, 3.63) is 194 Å². The third kappa shape index (κ3) is 4.78. The second kappa shape index (κ2) is 12.0. The van der Waals surface area contributed by atoms with E-state index in [4.69, 9.17) is 4.42 Å². The van der Waals surface area contributed by atoms with Gasteiger partial charge in [0.1, 0.15) is 11.3 Å². The van der Waals surface area contributed by atoms with Gasteiger partial charge in [0.25, 0.3) is 0 Å². The highest BCUT2D eigenvalue weighted by molar-refractivity contribution is 6.24. The lowest BCUT2D eigenvalue weighted by molar-refractivity contribution is 0.633. The monoisotopic (exact) mass is 648 g/mol. The van der Waals surface area contributed by atoms with E-state index in [1.165, 1.54) is 60.1 Å². The Morgan fingerprint density at radius 2 is 0.706 bits per heavy atom. The van der Waals surface area contributed by atoms with E-state index >= 15 is 0 Å². The van der Waals surface area contributed by atoms with Crippen molar-refractivity contribution in [2.75, 3.05) is 0 Å². The minimum atomic E-state index is 0.890. The summed E-state index contributed by atoms with van der Waals surface area (Å²) >= 11 is 0. The molecular formula is C50H32O. The highest BCUT2D eigenvalue weighted by atomic mass is 16.3. The minimum absolute atomic E-state index is 0.890. The lowest BCUT2D eigenvalue weighted by Crippen LogP contribution is -1.91. The van der Waals surface area contributed by atoms with Crippen LogP contribution >= 0.6 is 0 Å². The number of benzene rings is 9. The first-order valence-electron chi connectivity index (χ1n) is 17.5. The SMILES string of the molecule is c1ccc(-c2oc3c(-c4c5ccccc5c(-c5ccc(-c6cccc7ccccc67)cc5)c5ccccc45)cccc3c2-c2ccccc2)cc1. The maximum Gasteiger partial charge on any atom is 0.143 e. The molecule has 0 bridgehead atoms. The van der Waals surface area contributed by atoms with E-state index < -0.39 is 0 Å². The molecule has 0 unspecified atom stereocenters. The standard InChI is InChI=1S/C50H32O/c1-3-16-35(17-4-1)47-44-27-14-28-45(50(44)51-49(47)37-18-5-2-6-19-37)48-42-24-11-9-22-40(42)46(41-23-10-12-25-43(41)48)36-31-29-34(30-32-36)39-26-13-20-33-15-7-8-21-38(33)39/h1-32H. The van der Waals surface area contributed by atoms with E-state index in [1.54, 1.807) is 0 Å². The Morgan fingerprint density at radius 3 is 1.37 bits per heavy atom. The molecule has 10 rings (SSSR count). The van der Waals surface area contributed by atoms with Crippen molar-refractivity contribution in [1.29, 1.82) is 0 Å². The molecule has 0 amide bonds. The van der Waals surface area contributed by atoms with Gasteiger partial charge < -0.3 is 4.42 Å². The lowest BCUT2D eigenvalue weighted by Gasteiger charge is -2.18. The predicted octanol–water partition coefficient (Wildman–Crippen LogP) is 14.2. The maximum absolute atomic E-state index is 7.02. The molecular weight excluding hydrogens is 617 g/mol. The Labute approximate surface area is 296 Å². The minimum Gasteiger partial charge on any atom is -0.455 e. The zero-order valence-corrected chi connectivity index (χ0v) is 27.9. The zero-order valence-electron chi connectivity index (χ0n) is 27.9. The van der Waals surface area contributed by atoms with Gasteiger partial charge in [-0.15, -0.1) is 0 Å². The number of para-hydroxylation sites is 1. The molecule has 0 saturated carbocycles. The van der Waals surface area contributed by atoms with Crippen LogP contribution < -0.4 is 0 Å². The Hall–Kier alpha value is -6.70. The summed E-state index contributed by atoms with van der Waals surface area (Å²) in [6.45, 7) is 0. The van der Waals surface area contributed by atoms with Crippen LogP contribution in [0, 0.1) is 0 Å². The molecule has 0 aliphatic carbocycles. The van der Waals surface area contributed by atoms with Gasteiger partial charge in [-0.25, -0.2) is 0 Å². The summed E-state index contributed by atoms with van der Waals surface area (Å²) in [5.41, 5.74) is 11.4. The van der Waals surface area contributed by atoms with Crippen LogP contribution in [0.1, 0.15) is 0 Å². The molecule has 1 nitrogen and oxygen atoms in total. The molecule has 0 aliphatic heterocycles. The fourth-order valence-corrected chi connectivity index (χ4v) is 8.02. The van der Waals surface area contributed by atoms with Gasteiger partial charge in [-0.2, -0.15) is 0 Å². The number of fused-ring (bicyclic) bond motifs is 4. The van der Waals surface area contributed by atoms with Gasteiger partial charge in [0.15, 0.2) is 0 Å². The number of rotatable bonds is 5. The highest BCUT2D eigenvalue weighted by Gasteiger charge is 2.23. The summed E-state index contributed by atoms with van der Waals surface area (Å²) in [6.07, 6.45) is 0. The fourth-order valence-electron chi connectivity index (χ4n) is 8.02. The van der Waals surface area contributed by atoms with Crippen molar-refractivity contribution >= 4 is 43.3 Å². The van der Waals surface area contributed by atoms with Gasteiger partial charge in [0.05, 0.1) is 0 Å². The van der Waals surface area contributed by atoms with Gasteiger partial charge in [0.2, 0.25) is 0 Å². The molecule has 0 aliphatic rings. The van der Waals surface area contributed by atoms with Crippen molar-refractivity contribution in [3.63, 3.8) is 0 Å². The van der Waals surface area contributed by atoms with Gasteiger partial charge >= 0.3 is 0 Å². The van der Waals surface area contributed by atoms with Crippen molar-refractivity contribution in [1.82, 2.24) is 0 Å². The van der Waals surface area contributed by atoms with E-state index in [9.17, 15) is 0 Å². The van der Waals surface area contributed by atoms with E-state index in [1.807, 2.05) is 0 Å². The van der Waals surface area contributed by atoms with E-state index in [2.05, 4.69) is 194 Å². The summed E-state index contributed by atoms with van der Waals surface area (Å²) in [5, 5.41) is 8.49. The Balaban J connectivity index is 1.22. The molecule has 0 atom stereocenters. The molecule has 1 heteroatoms. The van der Waals surface area contributed by atoms with Crippen LogP contribution in [0.25, 0.3) is 99.1 Å². The molecule has 238 valence electrons. The molecule has 1 heterocycles. The Bertz CT molecular complexity index is 2820. The second-order valence-corrected chi connectivity index (χ2v) is 13.2. The summed E-state index contributed by atoms with van der Waals surface area (Å²) in [6, 6.07) is 69.7. The van der Waals surface area contributed by atoms with Crippen LogP contribution in [0.3, 0.4) is 0 Å². The van der Waals surface area contributed by atoms with Gasteiger partial charge in [0, 0.05) is 27.6 Å². The van der Waals surface area contributed by atoms with Crippen molar-refractivity contribution in [2.45, 2.75) is 0 Å². The van der Waals surface area contributed by atoms with E-state index in [0.717, 1.165) is 39.0 Å². The van der Waals surface area contributed by atoms with Gasteiger partial charge in [-0.1, -0.05) is 194 Å². The van der Waals surface area contributed by atoms with Crippen LogP contribution in [0.15, 0.2) is 199 Å². The largest absolute Gasteiger partial charge is 0.455 e. The van der Waals surface area contributed by atoms with Crippen LogP contribution in [0.2, 0.25) is 0 Å². The molecule has 9 aromatic carbocycles. The summed E-state index contributed by atoms with van der Waals surface area (Å²) in [5.74, 6) is 0.890. The molecule has 0 radical (unpaired) electrons. The second-order valence-electron chi connectivity index (χ2n) is 13.2. The first kappa shape index (κ1) is 29.2. The quantitative estimate of drug-likeness (QED) is 0.169. The average Bonchev–Trinajstić information content (AvgIpc) is 3.61. The van der Waals surface area contributed by atoms with Gasteiger partial charge in [-0.3, -0.25) is 0 Å². The molecule has 0 saturated heterocycles. The van der Waals surface area contributed by atoms with Crippen LogP contribution in [0.4, 0.5) is 0 Å². The van der Waals surface area contributed by atoms with E-state index in [-0.39, 0.29) is 0 Å². The first-order valence-corrected chi connectivity index (χ1v) is 17.5. The summed E-state index contributed by atoms with van der Waals surface area (Å²) in [7, 11) is 0. The molecule has 0 N–H and O–H groups in total. The number of hydrogen-bond donors (Lipinski definition) is 0. The molecule has 10 aromatic rings. The lowest BCUT2D eigenvalue weighted by atomic mass is 9.85. The summed E-state index contributed by atoms with van der Waals surface area (Å²) in [4.78, 5) is 0. The summed E-state index contributed by atoms with van der Waals surface area (Å²) < 4.78 is 7.02. The van der Waals surface area contributed by atoms with Crippen molar-refractivity contribution in [2.24, 2.45) is 0 Å². The molecule has 51 heavy (non-hydrogen) atoms. The van der Waals surface area contributed by atoms with Crippen molar-refractivity contribution in [3.8, 4) is 55.8 Å². The topological polar surface area (TPSA) is 13.1 Å². The van der Waals surface area contributed by atoms with Gasteiger partial charge in [-0.05, 0) is 60.1 Å². The molecule has 1 aromatic heterocycles. The smallest absolute Gasteiger partial charge is 0.143 e. The maximum atomic E-state index is 7.02. The normalized spacial score (nSPS) is 11.5. The van der Waals surface area contributed by atoms with E-state index in [0.29, 0.717) is 0 Å². The average molecular weight is 649 g/mol.